The molecule has 1 aliphatic carbocycles. The van der Waals surface area contributed by atoms with Gasteiger partial charge in [0.1, 0.15) is 6.29 Å². The van der Waals surface area contributed by atoms with Crippen molar-refractivity contribution in [3.8, 4) is 0 Å². The summed E-state index contributed by atoms with van der Waals surface area (Å²) in [5.41, 5.74) is -0.0868. The van der Waals surface area contributed by atoms with Crippen molar-refractivity contribution < 1.29 is 9.53 Å². The first-order valence-electron chi connectivity index (χ1n) is 4.91. The first-order chi connectivity index (χ1) is 5.87. The Bertz CT molecular complexity index is 165. The third kappa shape index (κ3) is 1.18. The number of hydrogen-bond donors (Lipinski definition) is 0. The SMILES string of the molecule is O=CC1(C2CCCC2)CCOC1. The summed E-state index contributed by atoms with van der Waals surface area (Å²) < 4.78 is 5.33. The first kappa shape index (κ1) is 8.24. The highest BCUT2D eigenvalue weighted by molar-refractivity contribution is 5.60. The molecule has 2 fully saturated rings. The Balaban J connectivity index is 2.09. The molecule has 1 heterocycles. The van der Waals surface area contributed by atoms with E-state index in [0.29, 0.717) is 12.5 Å². The Kier molecular flexibility index (Phi) is 2.18. The molecule has 2 nitrogen and oxygen atoms in total. The molecule has 1 saturated heterocycles. The molecule has 2 aliphatic rings. The molecule has 0 aromatic rings. The Morgan fingerprint density at radius 3 is 2.58 bits per heavy atom. The van der Waals surface area contributed by atoms with Crippen LogP contribution in [0.5, 0.6) is 0 Å². The number of rotatable bonds is 2. The van der Waals surface area contributed by atoms with E-state index >= 15 is 0 Å². The van der Waals surface area contributed by atoms with E-state index in [1.54, 1.807) is 0 Å². The number of carbonyl (C=O) groups excluding carboxylic acids is 1. The van der Waals surface area contributed by atoms with Crippen LogP contribution in [0.1, 0.15) is 32.1 Å². The molecule has 1 saturated carbocycles. The highest BCUT2D eigenvalue weighted by Gasteiger charge is 2.42. The molecule has 2 heteroatoms. The number of aldehydes is 1. The van der Waals surface area contributed by atoms with Crippen molar-refractivity contribution in [1.29, 1.82) is 0 Å². The lowest BCUT2D eigenvalue weighted by molar-refractivity contribution is -0.119. The van der Waals surface area contributed by atoms with Crippen molar-refractivity contribution in [1.82, 2.24) is 0 Å². The molecule has 0 bridgehead atoms. The summed E-state index contributed by atoms with van der Waals surface area (Å²) in [5.74, 6) is 0.623. The third-order valence-electron chi connectivity index (χ3n) is 3.49. The summed E-state index contributed by atoms with van der Waals surface area (Å²) in [5, 5.41) is 0. The van der Waals surface area contributed by atoms with Gasteiger partial charge in [-0.3, -0.25) is 0 Å². The fraction of sp³-hybridized carbons (Fsp3) is 0.900. The molecule has 1 atom stereocenters. The van der Waals surface area contributed by atoms with Gasteiger partial charge >= 0.3 is 0 Å². The topological polar surface area (TPSA) is 26.3 Å². The van der Waals surface area contributed by atoms with E-state index in [1.165, 1.54) is 25.7 Å². The minimum absolute atomic E-state index is 0.0868. The largest absolute Gasteiger partial charge is 0.380 e. The Labute approximate surface area is 73.3 Å². The molecule has 1 unspecified atom stereocenters. The maximum atomic E-state index is 11.0. The highest BCUT2D eigenvalue weighted by Crippen LogP contribution is 2.43. The maximum Gasteiger partial charge on any atom is 0.128 e. The summed E-state index contributed by atoms with van der Waals surface area (Å²) in [7, 11) is 0. The monoisotopic (exact) mass is 168 g/mol. The molecular formula is C10H16O2. The molecule has 0 spiro atoms. The smallest absolute Gasteiger partial charge is 0.128 e. The van der Waals surface area contributed by atoms with Gasteiger partial charge < -0.3 is 9.53 Å². The summed E-state index contributed by atoms with van der Waals surface area (Å²) in [6, 6.07) is 0. The summed E-state index contributed by atoms with van der Waals surface area (Å²) in [4.78, 5) is 11.0. The van der Waals surface area contributed by atoms with Gasteiger partial charge in [-0.05, 0) is 25.2 Å². The van der Waals surface area contributed by atoms with E-state index in [0.717, 1.165) is 19.3 Å². The fourth-order valence-corrected chi connectivity index (χ4v) is 2.61. The Hall–Kier alpha value is -0.370. The van der Waals surface area contributed by atoms with Crippen molar-refractivity contribution >= 4 is 6.29 Å². The molecule has 68 valence electrons. The number of ether oxygens (including phenoxy) is 1. The van der Waals surface area contributed by atoms with Gasteiger partial charge in [0.2, 0.25) is 0 Å². The maximum absolute atomic E-state index is 11.0. The lowest BCUT2D eigenvalue weighted by atomic mass is 9.75. The molecule has 1 aliphatic heterocycles. The molecule has 0 N–H and O–H groups in total. The first-order valence-corrected chi connectivity index (χ1v) is 4.91. The normalized spacial score (nSPS) is 37.3. The second-order valence-electron chi connectivity index (χ2n) is 4.13. The van der Waals surface area contributed by atoms with Crippen molar-refractivity contribution in [3.63, 3.8) is 0 Å². The molecule has 0 amide bonds. The van der Waals surface area contributed by atoms with Crippen LogP contribution in [0.25, 0.3) is 0 Å². The van der Waals surface area contributed by atoms with Gasteiger partial charge in [-0.2, -0.15) is 0 Å². The van der Waals surface area contributed by atoms with E-state index in [1.807, 2.05) is 0 Å². The zero-order valence-electron chi connectivity index (χ0n) is 7.42. The summed E-state index contributed by atoms with van der Waals surface area (Å²) in [6.07, 6.45) is 7.21. The van der Waals surface area contributed by atoms with Gasteiger partial charge in [-0.15, -0.1) is 0 Å². The highest BCUT2D eigenvalue weighted by atomic mass is 16.5. The quantitative estimate of drug-likeness (QED) is 0.587. The molecule has 12 heavy (non-hydrogen) atoms. The lowest BCUT2D eigenvalue weighted by Crippen LogP contribution is -2.31. The van der Waals surface area contributed by atoms with Crippen LogP contribution >= 0.6 is 0 Å². The van der Waals surface area contributed by atoms with Gasteiger partial charge in [-0.25, -0.2) is 0 Å². The van der Waals surface area contributed by atoms with Crippen LogP contribution in [-0.4, -0.2) is 19.5 Å². The van der Waals surface area contributed by atoms with Gasteiger partial charge in [-0.1, -0.05) is 12.8 Å². The van der Waals surface area contributed by atoms with Crippen LogP contribution in [0.4, 0.5) is 0 Å². The van der Waals surface area contributed by atoms with E-state index in [2.05, 4.69) is 0 Å². The Morgan fingerprint density at radius 1 is 1.33 bits per heavy atom. The van der Waals surface area contributed by atoms with Gasteiger partial charge in [0, 0.05) is 6.61 Å². The van der Waals surface area contributed by atoms with Gasteiger partial charge in [0.15, 0.2) is 0 Å². The van der Waals surface area contributed by atoms with Crippen molar-refractivity contribution in [2.24, 2.45) is 11.3 Å². The van der Waals surface area contributed by atoms with Crippen molar-refractivity contribution in [2.45, 2.75) is 32.1 Å². The van der Waals surface area contributed by atoms with Crippen LogP contribution in [0, 0.1) is 11.3 Å². The van der Waals surface area contributed by atoms with E-state index in [9.17, 15) is 4.79 Å². The minimum Gasteiger partial charge on any atom is -0.380 e. The lowest BCUT2D eigenvalue weighted by Gasteiger charge is -2.27. The van der Waals surface area contributed by atoms with Crippen LogP contribution in [-0.2, 0) is 9.53 Å². The average molecular weight is 168 g/mol. The van der Waals surface area contributed by atoms with Gasteiger partial charge in [0.05, 0.1) is 12.0 Å². The Morgan fingerprint density at radius 2 is 2.08 bits per heavy atom. The third-order valence-corrected chi connectivity index (χ3v) is 3.49. The van der Waals surface area contributed by atoms with E-state index in [4.69, 9.17) is 4.74 Å². The number of carbonyl (C=O) groups is 1. The molecular weight excluding hydrogens is 152 g/mol. The second kappa shape index (κ2) is 3.17. The predicted octanol–water partition coefficient (Wildman–Crippen LogP) is 1.78. The minimum atomic E-state index is -0.0868. The number of hydrogen-bond acceptors (Lipinski definition) is 2. The predicted molar refractivity (Wildman–Crippen MR) is 45.9 cm³/mol. The summed E-state index contributed by atoms with van der Waals surface area (Å²) in [6.45, 7) is 1.47. The second-order valence-corrected chi connectivity index (χ2v) is 4.13. The van der Waals surface area contributed by atoms with Crippen LogP contribution in [0.15, 0.2) is 0 Å². The van der Waals surface area contributed by atoms with Crippen LogP contribution < -0.4 is 0 Å². The van der Waals surface area contributed by atoms with Gasteiger partial charge in [0.25, 0.3) is 0 Å². The zero-order chi connectivity index (χ0) is 8.44. The van der Waals surface area contributed by atoms with Crippen molar-refractivity contribution in [3.05, 3.63) is 0 Å². The molecule has 0 aromatic carbocycles. The fourth-order valence-electron chi connectivity index (χ4n) is 2.61. The summed E-state index contributed by atoms with van der Waals surface area (Å²) >= 11 is 0. The van der Waals surface area contributed by atoms with E-state index in [-0.39, 0.29) is 5.41 Å². The standard InChI is InChI=1S/C10H16O2/c11-7-10(5-6-12-8-10)9-3-1-2-4-9/h7,9H,1-6,8H2. The van der Waals surface area contributed by atoms with Crippen LogP contribution in [0.2, 0.25) is 0 Å². The van der Waals surface area contributed by atoms with Crippen LogP contribution in [0.3, 0.4) is 0 Å². The molecule has 0 radical (unpaired) electrons. The van der Waals surface area contributed by atoms with E-state index < -0.39 is 0 Å². The zero-order valence-corrected chi connectivity index (χ0v) is 7.42. The molecule has 2 rings (SSSR count). The average Bonchev–Trinajstić information content (AvgIpc) is 2.76. The van der Waals surface area contributed by atoms with Crippen molar-refractivity contribution in [2.75, 3.05) is 13.2 Å². The molecule has 0 aromatic heterocycles.